The molecule has 24 heteroatoms. The van der Waals surface area contributed by atoms with E-state index in [1.54, 1.807) is 61.6 Å². The van der Waals surface area contributed by atoms with Gasteiger partial charge in [0.25, 0.3) is 0 Å². The summed E-state index contributed by atoms with van der Waals surface area (Å²) in [6.45, 7) is 31.1. The van der Waals surface area contributed by atoms with Crippen molar-refractivity contribution in [1.82, 2.24) is 0 Å². The lowest BCUT2D eigenvalue weighted by molar-refractivity contribution is -0.213. The zero-order valence-electron chi connectivity index (χ0n) is 64.6. The lowest BCUT2D eigenvalue weighted by atomic mass is 9.49. The molecule has 8 fully saturated rings. The SMILES string of the molecule is [C-]#[N+]C(C)(CCC(=O)OCCOC(C)OCCOC(C)OCCOC(=O)CCC(C)(C#N)CC(CC(C)(SC(=S)SCCC)C(=O)OC1(CC)C2CC3CC(C2)CC1C3)c1ccc(OC(C)=O)cc1)CC(CC(C)(SC(=S)SCCC)C(=O)OC1(CC)C2CC3CC(C2)CC1C3)c1ccc(OC(C)=O)cc1. The summed E-state index contributed by atoms with van der Waals surface area (Å²) in [4.78, 5) is 85.0. The lowest BCUT2D eigenvalue weighted by Gasteiger charge is -2.60. The van der Waals surface area contributed by atoms with E-state index in [2.05, 4.69) is 38.6 Å². The zero-order chi connectivity index (χ0) is 77.0. The highest BCUT2D eigenvalue weighted by molar-refractivity contribution is 8.48. The predicted octanol–water partition coefficient (Wildman–Crippen LogP) is 18.7. The van der Waals surface area contributed by atoms with Crippen LogP contribution < -0.4 is 9.47 Å². The third kappa shape index (κ3) is 24.1. The molecule has 18 nitrogen and oxygen atoms in total. The summed E-state index contributed by atoms with van der Waals surface area (Å²) in [5.74, 6) is 3.34. The molecule has 0 aliphatic heterocycles. The van der Waals surface area contributed by atoms with Crippen LogP contribution in [0.5, 0.6) is 11.5 Å². The highest BCUT2D eigenvalue weighted by Gasteiger charge is 2.62. The van der Waals surface area contributed by atoms with Gasteiger partial charge >= 0.3 is 35.8 Å². The van der Waals surface area contributed by atoms with Gasteiger partial charge in [-0.1, -0.05) is 99.9 Å². The number of hydrogen-bond acceptors (Lipinski definition) is 23. The highest BCUT2D eigenvalue weighted by atomic mass is 32.2. The van der Waals surface area contributed by atoms with Gasteiger partial charge in [-0.25, -0.2) is 6.57 Å². The molecule has 2 aromatic rings. The Morgan fingerprint density at radius 1 is 0.538 bits per heavy atom. The Kier molecular flexibility index (Phi) is 33.1. The van der Waals surface area contributed by atoms with Crippen molar-refractivity contribution in [2.75, 3.05) is 51.1 Å². The standard InChI is InChI=1S/C82H116N2O16S6/c1-14-36-103-75(101)105-79(11,73(89)99-81(16-3)65-40-57-38-58(42-65)43-66(81)41-57)50-63(61-18-22-69(23-19-61)97-53(5)85)48-77(9,52-83)28-26-71(87)95-34-32-93-55(7)91-30-31-92-56(8)94-33-35-96-72(88)27-29-78(10,84-13)49-64(62-20-24-70(25-21-62)98-54(6)86)51-80(12,106-76(102)104-37-15-2)74(90)100-82(17-4)67-44-59-39-60(46-67)47-68(82)45-59/h18-25,55-60,63-68H,14-17,26-51H2,1-12H3. The van der Waals surface area contributed by atoms with Crippen LogP contribution in [0, 0.1) is 70.7 Å². The largest absolute Gasteiger partial charge is 0.463 e. The Hall–Kier alpha value is -4.34. The average Bonchev–Trinajstić information content (AvgIpc) is 0.730. The monoisotopic (exact) mass is 1580 g/mol. The molecule has 0 radical (unpaired) electrons. The van der Waals surface area contributed by atoms with Crippen molar-refractivity contribution in [3.05, 3.63) is 71.1 Å². The third-order valence-electron chi connectivity index (χ3n) is 23.4. The van der Waals surface area contributed by atoms with E-state index in [4.69, 9.17) is 78.4 Å². The van der Waals surface area contributed by atoms with Crippen LogP contribution in [0.1, 0.15) is 247 Å². The Morgan fingerprint density at radius 3 is 1.22 bits per heavy atom. The summed E-state index contributed by atoms with van der Waals surface area (Å²) < 4.78 is 58.2. The fraction of sp³-hybridized carbons (Fsp3) is 0.732. The normalized spacial score (nSPS) is 26.5. The van der Waals surface area contributed by atoms with E-state index in [9.17, 15) is 24.4 Å². The number of esters is 6. The van der Waals surface area contributed by atoms with E-state index in [-0.39, 0.29) is 89.1 Å². The number of hydrogen-bond donors (Lipinski definition) is 0. The van der Waals surface area contributed by atoms with Gasteiger partial charge in [0, 0.05) is 40.0 Å². The first-order valence-electron chi connectivity index (χ1n) is 38.8. The predicted molar refractivity (Wildman–Crippen MR) is 426 cm³/mol. The molecule has 8 bridgehead atoms. The number of thioether (sulfide) groups is 4. The lowest BCUT2D eigenvalue weighted by Crippen LogP contribution is -2.60. The van der Waals surface area contributed by atoms with Crippen molar-refractivity contribution in [3.8, 4) is 17.6 Å². The van der Waals surface area contributed by atoms with E-state index >= 15 is 9.59 Å². The maximum atomic E-state index is 15.2. The minimum atomic E-state index is -1.12. The molecule has 0 heterocycles. The third-order valence-corrected chi connectivity index (χ3v) is 29.4. The van der Waals surface area contributed by atoms with Gasteiger partial charge in [-0.2, -0.15) is 5.26 Å². The van der Waals surface area contributed by atoms with E-state index in [0.717, 1.165) is 99.7 Å². The van der Waals surface area contributed by atoms with Crippen molar-refractivity contribution in [1.29, 1.82) is 5.26 Å². The number of rotatable bonds is 43. The van der Waals surface area contributed by atoms with Gasteiger partial charge in [0.2, 0.25) is 5.54 Å². The summed E-state index contributed by atoms with van der Waals surface area (Å²) in [5, 5.41) is 10.9. The first-order chi connectivity index (χ1) is 50.4. The molecular formula is C82H116N2O16S6. The molecule has 8 aliphatic rings. The van der Waals surface area contributed by atoms with E-state index < -0.39 is 68.1 Å². The second-order valence-corrected chi connectivity index (χ2v) is 39.3. The number of carbonyl (C=O) groups excluding carboxylic acids is 6. The second kappa shape index (κ2) is 40.2. The second-order valence-electron chi connectivity index (χ2n) is 31.7. The summed E-state index contributed by atoms with van der Waals surface area (Å²) in [6.07, 6.45) is 14.9. The molecule has 8 atom stereocenters. The van der Waals surface area contributed by atoms with Gasteiger partial charge in [0.1, 0.15) is 52.5 Å². The Labute approximate surface area is 658 Å². The van der Waals surface area contributed by atoms with Crippen LogP contribution in [0.25, 0.3) is 4.85 Å². The quantitative estimate of drug-likeness (QED) is 0.0114. The molecule has 0 N–H and O–H groups in total. The first kappa shape index (κ1) is 87.2. The zero-order valence-corrected chi connectivity index (χ0v) is 69.5. The van der Waals surface area contributed by atoms with Gasteiger partial charge < -0.3 is 52.2 Å². The molecule has 8 unspecified atom stereocenters. The first-order valence-corrected chi connectivity index (χ1v) is 43.2. The summed E-state index contributed by atoms with van der Waals surface area (Å²) in [7, 11) is 0. The minimum absolute atomic E-state index is 0.0291. The van der Waals surface area contributed by atoms with Crippen LogP contribution in [0.4, 0.5) is 0 Å². The fourth-order valence-corrected chi connectivity index (χ4v) is 24.4. The van der Waals surface area contributed by atoms with Crippen LogP contribution >= 0.6 is 71.5 Å². The van der Waals surface area contributed by atoms with Crippen molar-refractivity contribution < 1.29 is 76.1 Å². The minimum Gasteiger partial charge on any atom is -0.463 e. The summed E-state index contributed by atoms with van der Waals surface area (Å²) >= 11 is 17.8. The molecule has 2 aromatic carbocycles. The molecule has 0 spiro atoms. The molecule has 0 saturated heterocycles. The molecule has 0 amide bonds. The molecule has 8 aliphatic carbocycles. The van der Waals surface area contributed by atoms with Gasteiger partial charge in [-0.15, -0.1) is 23.5 Å². The van der Waals surface area contributed by atoms with Gasteiger partial charge in [0.15, 0.2) is 12.6 Å². The van der Waals surface area contributed by atoms with Gasteiger partial charge in [0.05, 0.1) is 44.3 Å². The molecular weight excluding hydrogens is 1460 g/mol. The van der Waals surface area contributed by atoms with E-state index in [1.807, 2.05) is 52.0 Å². The fourth-order valence-electron chi connectivity index (χ4n) is 18.4. The van der Waals surface area contributed by atoms with E-state index in [0.29, 0.717) is 91.6 Å². The van der Waals surface area contributed by atoms with Crippen molar-refractivity contribution in [2.24, 2.45) is 52.8 Å². The maximum absolute atomic E-state index is 15.2. The van der Waals surface area contributed by atoms with Crippen LogP contribution in [0.15, 0.2) is 48.5 Å². The van der Waals surface area contributed by atoms with Gasteiger partial charge in [-0.3, -0.25) is 28.8 Å². The maximum Gasteiger partial charge on any atom is 0.322 e. The molecule has 8 saturated carbocycles. The Morgan fingerprint density at radius 2 is 0.887 bits per heavy atom. The summed E-state index contributed by atoms with van der Waals surface area (Å²) in [5.41, 5.74) is -1.43. The van der Waals surface area contributed by atoms with Crippen LogP contribution in [0.2, 0.25) is 0 Å². The Balaban J connectivity index is 0.766. The number of nitrogens with zero attached hydrogens (tertiary/aromatic N) is 2. The van der Waals surface area contributed by atoms with Crippen molar-refractivity contribution in [2.45, 2.75) is 275 Å². The van der Waals surface area contributed by atoms with Gasteiger partial charge in [-0.05, 0) is 256 Å². The Bertz CT molecular complexity index is 3120. The molecule has 586 valence electrons. The molecule has 10 rings (SSSR count). The number of nitriles is 1. The van der Waals surface area contributed by atoms with Crippen molar-refractivity contribution in [3.63, 3.8) is 0 Å². The number of carbonyl (C=O) groups is 6. The average molecular weight is 1580 g/mol. The smallest absolute Gasteiger partial charge is 0.322 e. The van der Waals surface area contributed by atoms with Crippen LogP contribution in [-0.2, 0) is 66.7 Å². The molecule has 0 aromatic heterocycles. The highest BCUT2D eigenvalue weighted by Crippen LogP contribution is 2.63. The number of thiocarbonyl (C=S) groups is 2. The van der Waals surface area contributed by atoms with Crippen LogP contribution in [0.3, 0.4) is 0 Å². The van der Waals surface area contributed by atoms with Crippen LogP contribution in [-0.4, -0.2) is 133 Å². The summed E-state index contributed by atoms with van der Waals surface area (Å²) in [6, 6.07) is 16.9. The number of ether oxygens (including phenoxy) is 10. The topological polar surface area (TPSA) is 223 Å². The number of benzene rings is 2. The van der Waals surface area contributed by atoms with E-state index in [1.165, 1.54) is 50.2 Å². The van der Waals surface area contributed by atoms with Crippen molar-refractivity contribution >= 4 is 114 Å². The molecule has 106 heavy (non-hydrogen) atoms.